The van der Waals surface area contributed by atoms with Gasteiger partial charge in [0, 0.05) is 12.0 Å². The normalized spacial score (nSPS) is 22.2. The third kappa shape index (κ3) is 2.75. The molecule has 0 saturated heterocycles. The molecule has 0 aliphatic heterocycles. The summed E-state index contributed by atoms with van der Waals surface area (Å²) < 4.78 is 1.99. The molecular weight excluding hydrogens is 248 g/mol. The molecule has 1 fully saturated rings. The van der Waals surface area contributed by atoms with E-state index < -0.39 is 0 Å². The Labute approximate surface area is 120 Å². The zero-order valence-electron chi connectivity index (χ0n) is 12.0. The molecule has 1 saturated carbocycles. The highest BCUT2D eigenvalue weighted by Crippen LogP contribution is 2.34. The number of para-hydroxylation sites is 1. The molecule has 20 heavy (non-hydrogen) atoms. The Bertz CT molecular complexity index is 534. The first-order valence-electron chi connectivity index (χ1n) is 7.58. The van der Waals surface area contributed by atoms with Crippen molar-refractivity contribution in [3.63, 3.8) is 0 Å². The van der Waals surface area contributed by atoms with E-state index in [1.165, 1.54) is 31.4 Å². The van der Waals surface area contributed by atoms with Crippen LogP contribution >= 0.6 is 0 Å². The van der Waals surface area contributed by atoms with Crippen molar-refractivity contribution in [1.82, 2.24) is 20.3 Å². The van der Waals surface area contributed by atoms with Crippen LogP contribution in [0, 0.1) is 0 Å². The molecule has 1 aliphatic carbocycles. The summed E-state index contributed by atoms with van der Waals surface area (Å²) in [6, 6.07) is 10.9. The summed E-state index contributed by atoms with van der Waals surface area (Å²) in [5.41, 5.74) is 2.35. The molecule has 3 rings (SSSR count). The minimum absolute atomic E-state index is 0.569. The lowest BCUT2D eigenvalue weighted by Gasteiger charge is -2.13. The minimum atomic E-state index is 0.569. The summed E-state index contributed by atoms with van der Waals surface area (Å²) in [5, 5.41) is 12.0. The first kappa shape index (κ1) is 13.3. The van der Waals surface area contributed by atoms with E-state index in [2.05, 4.69) is 34.7 Å². The Hall–Kier alpha value is -1.68. The molecule has 1 aromatic heterocycles. The smallest absolute Gasteiger partial charge is 0.0732 e. The van der Waals surface area contributed by atoms with Crippen LogP contribution in [0.1, 0.15) is 44.2 Å². The molecule has 1 heterocycles. The fourth-order valence-electron chi connectivity index (χ4n) is 3.08. The van der Waals surface area contributed by atoms with Crippen molar-refractivity contribution in [3.05, 3.63) is 42.2 Å². The SMILES string of the molecule is CCCNC1CCC(c2cnnn2-c2ccccc2)C1. The Morgan fingerprint density at radius 3 is 2.90 bits per heavy atom. The van der Waals surface area contributed by atoms with Gasteiger partial charge < -0.3 is 5.32 Å². The predicted molar refractivity (Wildman–Crippen MR) is 80.0 cm³/mol. The zero-order valence-corrected chi connectivity index (χ0v) is 12.0. The first-order valence-corrected chi connectivity index (χ1v) is 7.58. The molecule has 2 aromatic rings. The van der Waals surface area contributed by atoms with Crippen LogP contribution in [0.5, 0.6) is 0 Å². The van der Waals surface area contributed by atoms with Crippen LogP contribution < -0.4 is 5.32 Å². The summed E-state index contributed by atoms with van der Waals surface area (Å²) in [6.07, 6.45) is 6.80. The standard InChI is InChI=1S/C16H22N4/c1-2-10-17-14-9-8-13(11-14)16-12-18-19-20(16)15-6-4-3-5-7-15/h3-7,12-14,17H,2,8-11H2,1H3. The van der Waals surface area contributed by atoms with Crippen molar-refractivity contribution >= 4 is 0 Å². The van der Waals surface area contributed by atoms with Crippen molar-refractivity contribution in [2.75, 3.05) is 6.54 Å². The number of benzene rings is 1. The average Bonchev–Trinajstić information content (AvgIpc) is 3.14. The molecule has 4 nitrogen and oxygen atoms in total. The van der Waals surface area contributed by atoms with Gasteiger partial charge in [-0.15, -0.1) is 5.10 Å². The molecule has 1 N–H and O–H groups in total. The summed E-state index contributed by atoms with van der Waals surface area (Å²) in [4.78, 5) is 0. The number of hydrogen-bond acceptors (Lipinski definition) is 3. The third-order valence-electron chi connectivity index (χ3n) is 4.11. The van der Waals surface area contributed by atoms with Gasteiger partial charge in [0.15, 0.2) is 0 Å². The van der Waals surface area contributed by atoms with Gasteiger partial charge in [0.1, 0.15) is 0 Å². The van der Waals surface area contributed by atoms with Crippen LogP contribution in [0.25, 0.3) is 5.69 Å². The topological polar surface area (TPSA) is 42.7 Å². The Morgan fingerprint density at radius 2 is 2.10 bits per heavy atom. The van der Waals surface area contributed by atoms with Crippen molar-refractivity contribution in [2.24, 2.45) is 0 Å². The zero-order chi connectivity index (χ0) is 13.8. The highest BCUT2D eigenvalue weighted by Gasteiger charge is 2.28. The van der Waals surface area contributed by atoms with Gasteiger partial charge in [-0.3, -0.25) is 0 Å². The summed E-state index contributed by atoms with van der Waals surface area (Å²) >= 11 is 0. The van der Waals surface area contributed by atoms with Crippen LogP contribution in [0.2, 0.25) is 0 Å². The lowest BCUT2D eigenvalue weighted by molar-refractivity contribution is 0.513. The van der Waals surface area contributed by atoms with E-state index in [9.17, 15) is 0 Å². The van der Waals surface area contributed by atoms with Gasteiger partial charge in [0.25, 0.3) is 0 Å². The molecule has 1 aliphatic rings. The third-order valence-corrected chi connectivity index (χ3v) is 4.11. The van der Waals surface area contributed by atoms with Crippen LogP contribution in [-0.4, -0.2) is 27.6 Å². The maximum Gasteiger partial charge on any atom is 0.0732 e. The van der Waals surface area contributed by atoms with Gasteiger partial charge in [-0.2, -0.15) is 0 Å². The lowest BCUT2D eigenvalue weighted by Crippen LogP contribution is -2.27. The van der Waals surface area contributed by atoms with Crippen LogP contribution in [0.3, 0.4) is 0 Å². The molecule has 4 heteroatoms. The predicted octanol–water partition coefficient (Wildman–Crippen LogP) is 2.90. The molecule has 2 atom stereocenters. The maximum atomic E-state index is 4.26. The van der Waals surface area contributed by atoms with Crippen molar-refractivity contribution in [3.8, 4) is 5.69 Å². The highest BCUT2D eigenvalue weighted by molar-refractivity contribution is 5.32. The largest absolute Gasteiger partial charge is 0.314 e. The van der Waals surface area contributed by atoms with Crippen LogP contribution in [0.4, 0.5) is 0 Å². The Morgan fingerprint density at radius 1 is 1.25 bits per heavy atom. The van der Waals surface area contributed by atoms with Gasteiger partial charge in [-0.05, 0) is 44.4 Å². The van der Waals surface area contributed by atoms with Crippen molar-refractivity contribution < 1.29 is 0 Å². The first-order chi connectivity index (χ1) is 9.88. The fraction of sp³-hybridized carbons (Fsp3) is 0.500. The molecule has 0 radical (unpaired) electrons. The average molecular weight is 270 g/mol. The Balaban J connectivity index is 1.75. The lowest BCUT2D eigenvalue weighted by atomic mass is 10.0. The maximum absolute atomic E-state index is 4.26. The number of nitrogens with zero attached hydrogens (tertiary/aromatic N) is 3. The fourth-order valence-corrected chi connectivity index (χ4v) is 3.08. The van der Waals surface area contributed by atoms with Crippen molar-refractivity contribution in [2.45, 2.75) is 44.6 Å². The van der Waals surface area contributed by atoms with Gasteiger partial charge in [-0.25, -0.2) is 4.68 Å². The van der Waals surface area contributed by atoms with Gasteiger partial charge in [0.05, 0.1) is 17.6 Å². The monoisotopic (exact) mass is 270 g/mol. The van der Waals surface area contributed by atoms with Crippen molar-refractivity contribution in [1.29, 1.82) is 0 Å². The quantitative estimate of drug-likeness (QED) is 0.908. The summed E-state index contributed by atoms with van der Waals surface area (Å²) in [7, 11) is 0. The molecular formula is C16H22N4. The van der Waals surface area contributed by atoms with Gasteiger partial charge in [0.2, 0.25) is 0 Å². The van der Waals surface area contributed by atoms with Gasteiger partial charge in [-0.1, -0.05) is 30.3 Å². The summed E-state index contributed by atoms with van der Waals surface area (Å²) in [6.45, 7) is 3.33. The second-order valence-corrected chi connectivity index (χ2v) is 5.57. The highest BCUT2D eigenvalue weighted by atomic mass is 15.4. The molecule has 0 amide bonds. The van der Waals surface area contributed by atoms with E-state index in [0.717, 1.165) is 12.2 Å². The molecule has 0 bridgehead atoms. The number of nitrogens with one attached hydrogen (secondary N) is 1. The van der Waals surface area contributed by atoms with E-state index in [1.54, 1.807) is 0 Å². The number of rotatable bonds is 5. The summed E-state index contributed by atoms with van der Waals surface area (Å²) in [5.74, 6) is 0.569. The number of aromatic nitrogens is 3. The molecule has 106 valence electrons. The van der Waals surface area contributed by atoms with E-state index >= 15 is 0 Å². The number of hydrogen-bond donors (Lipinski definition) is 1. The Kier molecular flexibility index (Phi) is 4.11. The molecule has 0 spiro atoms. The second kappa shape index (κ2) is 6.18. The van der Waals surface area contributed by atoms with Crippen LogP contribution in [0.15, 0.2) is 36.5 Å². The minimum Gasteiger partial charge on any atom is -0.314 e. The van der Waals surface area contributed by atoms with Crippen LogP contribution in [-0.2, 0) is 0 Å². The molecule has 1 aromatic carbocycles. The van der Waals surface area contributed by atoms with E-state index in [0.29, 0.717) is 12.0 Å². The molecule has 2 unspecified atom stereocenters. The van der Waals surface area contributed by atoms with Gasteiger partial charge >= 0.3 is 0 Å². The van der Waals surface area contributed by atoms with E-state index in [4.69, 9.17) is 0 Å². The second-order valence-electron chi connectivity index (χ2n) is 5.57. The van der Waals surface area contributed by atoms with E-state index in [-0.39, 0.29) is 0 Å². The van der Waals surface area contributed by atoms with E-state index in [1.807, 2.05) is 29.1 Å².